The van der Waals surface area contributed by atoms with Crippen molar-refractivity contribution >= 4 is 29.3 Å². The Bertz CT molecular complexity index is 584. The van der Waals surface area contributed by atoms with Gasteiger partial charge in [0.2, 0.25) is 11.9 Å². The minimum atomic E-state index is -0.385. The zero-order valence-corrected chi connectivity index (χ0v) is 9.57. The Labute approximate surface area is 97.5 Å². The highest BCUT2D eigenvalue weighted by Crippen LogP contribution is 2.24. The maximum Gasteiger partial charge on any atom is 0.278 e. The first-order valence-corrected chi connectivity index (χ1v) is 5.17. The summed E-state index contributed by atoms with van der Waals surface area (Å²) in [5.41, 5.74) is 0.820. The fourth-order valence-electron chi connectivity index (χ4n) is 1.33. The number of nitrogens with one attached hydrogen (secondary N) is 2. The molecule has 0 atom stereocenters. The number of amides is 1. The van der Waals surface area contributed by atoms with Crippen LogP contribution in [0.15, 0.2) is 16.4 Å². The number of aromatic amines is 1. The average Bonchev–Trinajstić information content (AvgIpc) is 2.61. The molecule has 1 aromatic rings. The molecule has 6 heteroatoms. The van der Waals surface area contributed by atoms with E-state index in [9.17, 15) is 9.59 Å². The van der Waals surface area contributed by atoms with E-state index in [0.29, 0.717) is 11.3 Å². The molecule has 1 aromatic heterocycles. The fourth-order valence-corrected chi connectivity index (χ4v) is 1.33. The van der Waals surface area contributed by atoms with E-state index in [4.69, 9.17) is 0 Å². The van der Waals surface area contributed by atoms with Gasteiger partial charge in [-0.05, 0) is 0 Å². The van der Waals surface area contributed by atoms with Crippen LogP contribution in [0.2, 0.25) is 0 Å². The zero-order chi connectivity index (χ0) is 12.6. The van der Waals surface area contributed by atoms with Gasteiger partial charge in [-0.2, -0.15) is 0 Å². The second-order valence-corrected chi connectivity index (χ2v) is 4.04. The van der Waals surface area contributed by atoms with Crippen molar-refractivity contribution in [3.05, 3.63) is 22.6 Å². The van der Waals surface area contributed by atoms with Crippen LogP contribution in [0.5, 0.6) is 0 Å². The summed E-state index contributed by atoms with van der Waals surface area (Å²) in [5, 5.41) is 2.53. The van der Waals surface area contributed by atoms with Gasteiger partial charge in [0.15, 0.2) is 5.69 Å². The maximum atomic E-state index is 11.6. The van der Waals surface area contributed by atoms with E-state index in [1.165, 1.54) is 6.21 Å². The molecule has 0 aliphatic carbocycles. The minimum absolute atomic E-state index is 0.124. The van der Waals surface area contributed by atoms with E-state index >= 15 is 0 Å². The molecular formula is C11H12N4O2. The molecule has 0 aromatic carbocycles. The second-order valence-electron chi connectivity index (χ2n) is 4.04. The lowest BCUT2D eigenvalue weighted by atomic mass is 10.2. The van der Waals surface area contributed by atoms with E-state index in [0.717, 1.165) is 0 Å². The molecule has 1 aliphatic heterocycles. The molecule has 0 saturated heterocycles. The van der Waals surface area contributed by atoms with Gasteiger partial charge >= 0.3 is 0 Å². The van der Waals surface area contributed by atoms with Crippen molar-refractivity contribution in [2.75, 3.05) is 5.32 Å². The van der Waals surface area contributed by atoms with Crippen LogP contribution in [0, 0.1) is 5.92 Å². The van der Waals surface area contributed by atoms with Gasteiger partial charge in [-0.1, -0.05) is 20.4 Å². The van der Waals surface area contributed by atoms with Crippen molar-refractivity contribution in [2.45, 2.75) is 13.8 Å². The third kappa shape index (κ3) is 2.01. The molecule has 0 spiro atoms. The topological polar surface area (TPSA) is 87.2 Å². The largest absolute Gasteiger partial charge is 0.296 e. The number of hydrogen-bond donors (Lipinski definition) is 2. The number of rotatable bonds is 2. The monoisotopic (exact) mass is 232 g/mol. The molecular weight excluding hydrogens is 220 g/mol. The summed E-state index contributed by atoms with van der Waals surface area (Å²) < 4.78 is 0. The lowest BCUT2D eigenvalue weighted by Crippen LogP contribution is -2.22. The molecule has 0 radical (unpaired) electrons. The lowest BCUT2D eigenvalue weighted by molar-refractivity contribution is -0.118. The quantitative estimate of drug-likeness (QED) is 0.800. The summed E-state index contributed by atoms with van der Waals surface area (Å²) in [5.74, 6) is -0.273. The Morgan fingerprint density at radius 3 is 2.88 bits per heavy atom. The average molecular weight is 232 g/mol. The molecule has 0 unspecified atom stereocenters. The van der Waals surface area contributed by atoms with Crippen molar-refractivity contribution in [1.29, 1.82) is 0 Å². The summed E-state index contributed by atoms with van der Waals surface area (Å²) in [6, 6.07) is 0. The maximum absolute atomic E-state index is 11.6. The highest BCUT2D eigenvalue weighted by Gasteiger charge is 2.18. The number of allylic oxidation sites excluding steroid dienone is 1. The number of aromatic nitrogens is 2. The number of fused-ring (bicyclic) bond motifs is 1. The van der Waals surface area contributed by atoms with Gasteiger partial charge in [0.05, 0.1) is 0 Å². The van der Waals surface area contributed by atoms with Crippen LogP contribution in [0.1, 0.15) is 19.5 Å². The summed E-state index contributed by atoms with van der Waals surface area (Å²) >= 11 is 0. The van der Waals surface area contributed by atoms with Crippen molar-refractivity contribution < 1.29 is 4.79 Å². The number of carbonyl (C=O) groups excluding carboxylic acids is 1. The van der Waals surface area contributed by atoms with Gasteiger partial charge in [0.1, 0.15) is 5.69 Å². The molecule has 1 aliphatic rings. The zero-order valence-electron chi connectivity index (χ0n) is 9.57. The number of nitrogens with zero attached hydrogens (tertiary/aromatic N) is 2. The van der Waals surface area contributed by atoms with Gasteiger partial charge in [-0.15, -0.1) is 0 Å². The molecule has 17 heavy (non-hydrogen) atoms. The molecule has 2 rings (SSSR count). The van der Waals surface area contributed by atoms with Crippen molar-refractivity contribution in [2.24, 2.45) is 10.9 Å². The summed E-state index contributed by atoms with van der Waals surface area (Å²) in [4.78, 5) is 33.6. The molecule has 6 nitrogen and oxygen atoms in total. The Hall–Kier alpha value is -2.24. The SMILES string of the molecule is C=C1C=Nc2c1nc(NC(=O)C(C)C)[nH]c2=O. The van der Waals surface area contributed by atoms with Gasteiger partial charge in [0.25, 0.3) is 5.56 Å². The van der Waals surface area contributed by atoms with Crippen LogP contribution in [0.25, 0.3) is 5.57 Å². The van der Waals surface area contributed by atoms with Crippen molar-refractivity contribution in [3.63, 3.8) is 0 Å². The van der Waals surface area contributed by atoms with Crippen molar-refractivity contribution in [3.8, 4) is 0 Å². The van der Waals surface area contributed by atoms with Crippen molar-refractivity contribution in [1.82, 2.24) is 9.97 Å². The predicted molar refractivity (Wildman–Crippen MR) is 65.5 cm³/mol. The minimum Gasteiger partial charge on any atom is -0.296 e. The first-order valence-electron chi connectivity index (χ1n) is 5.17. The summed E-state index contributed by atoms with van der Waals surface area (Å²) in [7, 11) is 0. The van der Waals surface area contributed by atoms with Crippen LogP contribution in [-0.2, 0) is 4.79 Å². The van der Waals surface area contributed by atoms with Gasteiger partial charge in [-0.3, -0.25) is 19.9 Å². The molecule has 0 bridgehead atoms. The third-order valence-electron chi connectivity index (χ3n) is 2.31. The van der Waals surface area contributed by atoms with Gasteiger partial charge in [-0.25, -0.2) is 9.98 Å². The molecule has 2 heterocycles. The van der Waals surface area contributed by atoms with Crippen LogP contribution in [0.3, 0.4) is 0 Å². The number of carbonyl (C=O) groups is 1. The van der Waals surface area contributed by atoms with Crippen LogP contribution in [0.4, 0.5) is 11.6 Å². The van der Waals surface area contributed by atoms with Crippen LogP contribution in [-0.4, -0.2) is 22.1 Å². The molecule has 1 amide bonds. The van der Waals surface area contributed by atoms with Crippen LogP contribution >= 0.6 is 0 Å². The number of aliphatic imine (C=N–C) groups is 1. The van der Waals surface area contributed by atoms with E-state index < -0.39 is 0 Å². The Morgan fingerprint density at radius 2 is 2.24 bits per heavy atom. The molecule has 88 valence electrons. The first-order chi connectivity index (χ1) is 7.99. The highest BCUT2D eigenvalue weighted by molar-refractivity contribution is 6.14. The third-order valence-corrected chi connectivity index (χ3v) is 2.31. The molecule has 0 fully saturated rings. The van der Waals surface area contributed by atoms with E-state index in [1.807, 2.05) is 0 Å². The highest BCUT2D eigenvalue weighted by atomic mass is 16.2. The van der Waals surface area contributed by atoms with E-state index in [1.54, 1.807) is 13.8 Å². The second kappa shape index (κ2) is 3.97. The van der Waals surface area contributed by atoms with Gasteiger partial charge in [0, 0.05) is 17.7 Å². The van der Waals surface area contributed by atoms with E-state index in [-0.39, 0.29) is 29.0 Å². The van der Waals surface area contributed by atoms with Gasteiger partial charge < -0.3 is 0 Å². The summed E-state index contributed by atoms with van der Waals surface area (Å²) in [6.45, 7) is 7.22. The van der Waals surface area contributed by atoms with E-state index in [2.05, 4.69) is 26.9 Å². The Kier molecular flexibility index (Phi) is 2.63. The molecule has 0 saturated carbocycles. The normalized spacial score (nSPS) is 13.0. The first kappa shape index (κ1) is 11.3. The standard InChI is InChI=1S/C11H12N4O2/c1-5(2)9(16)14-11-13-7-6(3)4-12-8(7)10(17)15-11/h4-5H,3H2,1-2H3,(H2,13,14,15,16,17). The number of anilines is 1. The van der Waals surface area contributed by atoms with Crippen LogP contribution < -0.4 is 10.9 Å². The lowest BCUT2D eigenvalue weighted by Gasteiger charge is -2.07. The summed E-state index contributed by atoms with van der Waals surface area (Å²) in [6.07, 6.45) is 1.47. The number of hydrogen-bond acceptors (Lipinski definition) is 4. The molecule has 2 N–H and O–H groups in total. The fraction of sp³-hybridized carbons (Fsp3) is 0.273. The number of H-pyrrole nitrogens is 1. The smallest absolute Gasteiger partial charge is 0.278 e. The predicted octanol–water partition coefficient (Wildman–Crippen LogP) is 1.09. The Morgan fingerprint density at radius 1 is 1.53 bits per heavy atom. The Balaban J connectivity index is 2.38.